The molecule has 32 heavy (non-hydrogen) atoms. The molecule has 0 aromatic rings. The van der Waals surface area contributed by atoms with Crippen LogP contribution in [0.15, 0.2) is 12.7 Å². The summed E-state index contributed by atoms with van der Waals surface area (Å²) in [6.45, 7) is 15.8. The van der Waals surface area contributed by atoms with Crippen LogP contribution in [0.3, 0.4) is 0 Å². The molecule has 8 heteroatoms. The van der Waals surface area contributed by atoms with Gasteiger partial charge in [-0.15, -0.1) is 18.3 Å². The largest absolute Gasteiger partial charge is 0.466 e. The van der Waals surface area contributed by atoms with E-state index < -0.39 is 33.4 Å². The molecule has 0 saturated carbocycles. The van der Waals surface area contributed by atoms with Crippen molar-refractivity contribution in [1.82, 2.24) is 9.80 Å². The maximum Gasteiger partial charge on any atom is 0.311 e. The summed E-state index contributed by atoms with van der Waals surface area (Å²) in [6, 6.07) is -1.29. The van der Waals surface area contributed by atoms with E-state index in [2.05, 4.69) is 6.58 Å². The normalized spacial score (nSPS) is 34.2. The Morgan fingerprint density at radius 1 is 1.34 bits per heavy atom. The molecule has 2 unspecified atom stereocenters. The van der Waals surface area contributed by atoms with Crippen molar-refractivity contribution >= 4 is 29.5 Å². The highest BCUT2D eigenvalue weighted by Gasteiger charge is 2.78. The van der Waals surface area contributed by atoms with Crippen molar-refractivity contribution in [2.75, 3.05) is 19.8 Å². The average molecular weight is 467 g/mol. The summed E-state index contributed by atoms with van der Waals surface area (Å²) in [5.74, 6) is -1.94. The Hall–Kier alpha value is -1.54. The quantitative estimate of drug-likeness (QED) is 0.415. The molecule has 2 amide bonds. The average Bonchev–Trinajstić information content (AvgIpc) is 3.27. The van der Waals surface area contributed by atoms with E-state index in [1.165, 1.54) is 0 Å². The van der Waals surface area contributed by atoms with Crippen LogP contribution >= 0.6 is 11.8 Å². The molecule has 2 bridgehead atoms. The minimum Gasteiger partial charge on any atom is -0.466 e. The smallest absolute Gasteiger partial charge is 0.311 e. The lowest BCUT2D eigenvalue weighted by molar-refractivity contribution is -0.155. The number of likely N-dealkylation sites (tertiary alicyclic amines) is 1. The highest BCUT2D eigenvalue weighted by Crippen LogP contribution is 2.71. The van der Waals surface area contributed by atoms with Gasteiger partial charge in [-0.1, -0.05) is 19.9 Å². The SMILES string of the molecule is C=CCN(C(=O)C1N([C@@H](CO)C(C)C)C(=O)[C@@H]2[C@@H](C(=O)OCC)[C@@]3(C)CCC12S3)C(C)C. The summed E-state index contributed by atoms with van der Waals surface area (Å²) in [7, 11) is 0. The van der Waals surface area contributed by atoms with Crippen LogP contribution in [0.25, 0.3) is 0 Å². The van der Waals surface area contributed by atoms with Crippen molar-refractivity contribution in [3.05, 3.63) is 12.7 Å². The molecule has 180 valence electrons. The first kappa shape index (κ1) is 25.1. The topological polar surface area (TPSA) is 87.2 Å². The van der Waals surface area contributed by atoms with Crippen molar-refractivity contribution in [1.29, 1.82) is 0 Å². The van der Waals surface area contributed by atoms with Crippen molar-refractivity contribution in [2.45, 2.75) is 82.0 Å². The number of aliphatic hydroxyl groups is 1. The van der Waals surface area contributed by atoms with E-state index in [0.29, 0.717) is 13.0 Å². The predicted octanol–water partition coefficient (Wildman–Crippen LogP) is 2.47. The number of rotatable bonds is 9. The van der Waals surface area contributed by atoms with Gasteiger partial charge in [-0.05, 0) is 46.5 Å². The molecule has 0 aromatic heterocycles. The molecule has 0 radical (unpaired) electrons. The molecule has 1 spiro atoms. The number of carbonyl (C=O) groups is 3. The van der Waals surface area contributed by atoms with Gasteiger partial charge in [0.2, 0.25) is 11.8 Å². The van der Waals surface area contributed by atoms with Gasteiger partial charge < -0.3 is 19.6 Å². The molecule has 3 aliphatic rings. The fourth-order valence-corrected chi connectivity index (χ4v) is 8.39. The van der Waals surface area contributed by atoms with Gasteiger partial charge in [0.05, 0.1) is 35.8 Å². The Balaban J connectivity index is 2.16. The number of thioether (sulfide) groups is 1. The van der Waals surface area contributed by atoms with Crippen LogP contribution in [0.5, 0.6) is 0 Å². The number of hydrogen-bond donors (Lipinski definition) is 1. The number of fused-ring (bicyclic) bond motifs is 1. The number of hydrogen-bond acceptors (Lipinski definition) is 6. The first-order valence-electron chi connectivity index (χ1n) is 11.7. The van der Waals surface area contributed by atoms with E-state index in [1.54, 1.807) is 34.6 Å². The lowest BCUT2D eigenvalue weighted by Crippen LogP contribution is -2.59. The second-order valence-corrected chi connectivity index (χ2v) is 12.0. The summed E-state index contributed by atoms with van der Waals surface area (Å²) in [6.07, 6.45) is 3.13. The maximum atomic E-state index is 14.1. The second-order valence-electron chi connectivity index (χ2n) is 10.1. The van der Waals surface area contributed by atoms with Crippen LogP contribution in [0.4, 0.5) is 0 Å². The first-order valence-corrected chi connectivity index (χ1v) is 12.5. The van der Waals surface area contributed by atoms with Crippen molar-refractivity contribution in [3.8, 4) is 0 Å². The number of esters is 1. The molecule has 3 saturated heterocycles. The minimum atomic E-state index is -0.729. The van der Waals surface area contributed by atoms with Crippen molar-refractivity contribution in [2.24, 2.45) is 17.8 Å². The third-order valence-corrected chi connectivity index (χ3v) is 9.52. The molecule has 7 nitrogen and oxygen atoms in total. The Morgan fingerprint density at radius 3 is 2.50 bits per heavy atom. The van der Waals surface area contributed by atoms with Gasteiger partial charge in [-0.3, -0.25) is 14.4 Å². The molecule has 3 aliphatic heterocycles. The summed E-state index contributed by atoms with van der Waals surface area (Å²) >= 11 is 1.63. The van der Waals surface area contributed by atoms with E-state index in [4.69, 9.17) is 4.74 Å². The lowest BCUT2D eigenvalue weighted by Gasteiger charge is -2.41. The zero-order valence-electron chi connectivity index (χ0n) is 20.2. The Labute approximate surface area is 195 Å². The van der Waals surface area contributed by atoms with Crippen LogP contribution in [-0.2, 0) is 19.1 Å². The Kier molecular flexibility index (Phi) is 7.06. The molecule has 3 rings (SSSR count). The number of aliphatic hydroxyl groups excluding tert-OH is 1. The Morgan fingerprint density at radius 2 is 2.00 bits per heavy atom. The zero-order valence-corrected chi connectivity index (χ0v) is 21.0. The summed E-state index contributed by atoms with van der Waals surface area (Å²) in [4.78, 5) is 44.5. The molecule has 6 atom stereocenters. The van der Waals surface area contributed by atoms with E-state index in [9.17, 15) is 19.5 Å². The maximum absolute atomic E-state index is 14.1. The standard InChI is InChI=1S/C24H38N2O5S/c1-8-12-25(15(5)6)21(29)19-24-11-10-23(7,32-24)18(22(30)31-9-2)17(24)20(28)26(19)16(13-27)14(3)4/h8,14-19,27H,1,9-13H2,2-7H3/t16-,17-,18-,19?,23+,24?/m0/s1. The summed E-state index contributed by atoms with van der Waals surface area (Å²) < 4.78 is 4.27. The highest BCUT2D eigenvalue weighted by atomic mass is 32.2. The van der Waals surface area contributed by atoms with Gasteiger partial charge in [0.15, 0.2) is 0 Å². The third kappa shape index (κ3) is 3.58. The van der Waals surface area contributed by atoms with Crippen LogP contribution in [0, 0.1) is 17.8 Å². The monoisotopic (exact) mass is 466 g/mol. The molecular weight excluding hydrogens is 428 g/mol. The number of carbonyl (C=O) groups excluding carboxylic acids is 3. The van der Waals surface area contributed by atoms with Gasteiger partial charge >= 0.3 is 5.97 Å². The van der Waals surface area contributed by atoms with E-state index in [-0.39, 0.29) is 43.0 Å². The van der Waals surface area contributed by atoms with Crippen molar-refractivity contribution in [3.63, 3.8) is 0 Å². The number of nitrogens with zero attached hydrogens (tertiary/aromatic N) is 2. The van der Waals surface area contributed by atoms with Gasteiger partial charge in [0, 0.05) is 17.3 Å². The summed E-state index contributed by atoms with van der Waals surface area (Å²) in [5, 5.41) is 10.2. The number of amides is 2. The van der Waals surface area contributed by atoms with Gasteiger partial charge in [0.1, 0.15) is 6.04 Å². The molecule has 3 fully saturated rings. The predicted molar refractivity (Wildman–Crippen MR) is 125 cm³/mol. The van der Waals surface area contributed by atoms with Gasteiger partial charge in [-0.2, -0.15) is 0 Å². The van der Waals surface area contributed by atoms with E-state index in [0.717, 1.165) is 6.42 Å². The fraction of sp³-hybridized carbons (Fsp3) is 0.792. The van der Waals surface area contributed by atoms with Gasteiger partial charge in [0.25, 0.3) is 0 Å². The van der Waals surface area contributed by atoms with E-state index in [1.807, 2.05) is 34.6 Å². The fourth-order valence-electron chi connectivity index (χ4n) is 6.06. The minimum absolute atomic E-state index is 0.0415. The highest BCUT2D eigenvalue weighted by molar-refractivity contribution is 8.02. The third-order valence-electron chi connectivity index (χ3n) is 7.54. The van der Waals surface area contributed by atoms with Crippen molar-refractivity contribution < 1.29 is 24.2 Å². The van der Waals surface area contributed by atoms with Crippen LogP contribution in [0.2, 0.25) is 0 Å². The molecular formula is C24H38N2O5S. The van der Waals surface area contributed by atoms with E-state index >= 15 is 0 Å². The van der Waals surface area contributed by atoms with Gasteiger partial charge in [-0.25, -0.2) is 0 Å². The number of ether oxygens (including phenoxy) is 1. The first-order chi connectivity index (χ1) is 15.0. The second kappa shape index (κ2) is 9.01. The Bertz CT molecular complexity index is 786. The zero-order chi connectivity index (χ0) is 24.0. The van der Waals surface area contributed by atoms with Crippen LogP contribution in [0.1, 0.15) is 54.4 Å². The molecule has 0 aromatic carbocycles. The molecule has 3 heterocycles. The lowest BCUT2D eigenvalue weighted by atomic mass is 9.66. The van der Waals surface area contributed by atoms with Crippen LogP contribution in [-0.4, -0.2) is 80.1 Å². The molecule has 0 aliphatic carbocycles. The van der Waals surface area contributed by atoms with Crippen LogP contribution < -0.4 is 0 Å². The molecule has 1 N–H and O–H groups in total. The summed E-state index contributed by atoms with van der Waals surface area (Å²) in [5.41, 5.74) is 0.